The molecular formula is C12H15BrN6O3. The number of amides is 1. The molecule has 2 rings (SSSR count). The molecule has 0 saturated carbocycles. The van der Waals surface area contributed by atoms with Crippen molar-refractivity contribution < 1.29 is 14.3 Å². The minimum Gasteiger partial charge on any atom is -0.490 e. The molecule has 0 saturated heterocycles. The van der Waals surface area contributed by atoms with Gasteiger partial charge in [0.25, 0.3) is 11.9 Å². The fourth-order valence-electron chi connectivity index (χ4n) is 1.69. The molecule has 0 aliphatic carbocycles. The Kier molecular flexibility index (Phi) is 5.53. The number of hydrogen-bond acceptors (Lipinski definition) is 7. The number of tetrazole rings is 1. The second-order valence-electron chi connectivity index (χ2n) is 4.18. The summed E-state index contributed by atoms with van der Waals surface area (Å²) < 4.78 is 11.6. The van der Waals surface area contributed by atoms with E-state index in [0.29, 0.717) is 35.1 Å². The molecule has 4 N–H and O–H groups in total. The van der Waals surface area contributed by atoms with Gasteiger partial charge in [0.2, 0.25) is 0 Å². The lowest BCUT2D eigenvalue weighted by Crippen LogP contribution is -2.20. The number of aromatic amines is 1. The summed E-state index contributed by atoms with van der Waals surface area (Å²) in [5.41, 5.74) is 6.00. The number of halogens is 1. The highest BCUT2D eigenvalue weighted by Gasteiger charge is 2.13. The number of rotatable bonds is 8. The van der Waals surface area contributed by atoms with E-state index < -0.39 is 5.91 Å². The van der Waals surface area contributed by atoms with Crippen LogP contribution in [0.4, 0.5) is 5.95 Å². The van der Waals surface area contributed by atoms with Gasteiger partial charge >= 0.3 is 0 Å². The molecule has 0 bridgehead atoms. The normalized spacial score (nSPS) is 10.3. The molecule has 22 heavy (non-hydrogen) atoms. The van der Waals surface area contributed by atoms with Crippen molar-refractivity contribution in [3.63, 3.8) is 0 Å². The Labute approximate surface area is 134 Å². The van der Waals surface area contributed by atoms with Gasteiger partial charge in [0.15, 0.2) is 18.1 Å². The number of aromatic nitrogens is 4. The molecule has 0 spiro atoms. The van der Waals surface area contributed by atoms with Gasteiger partial charge in [-0.1, -0.05) is 5.10 Å². The Morgan fingerprint density at radius 3 is 2.91 bits per heavy atom. The van der Waals surface area contributed by atoms with Crippen LogP contribution < -0.4 is 20.5 Å². The first kappa shape index (κ1) is 16.0. The Hall–Kier alpha value is -2.36. The monoisotopic (exact) mass is 370 g/mol. The smallest absolute Gasteiger partial charge is 0.263 e. The number of H-pyrrole nitrogens is 1. The highest BCUT2D eigenvalue weighted by atomic mass is 79.9. The summed E-state index contributed by atoms with van der Waals surface area (Å²) in [6, 6.07) is 3.64. The van der Waals surface area contributed by atoms with E-state index in [1.165, 1.54) is 0 Å². The van der Waals surface area contributed by atoms with Crippen LogP contribution in [0.2, 0.25) is 0 Å². The van der Waals surface area contributed by atoms with Crippen molar-refractivity contribution >= 4 is 27.8 Å². The third kappa shape index (κ3) is 4.32. The van der Waals surface area contributed by atoms with Crippen LogP contribution in [0.15, 0.2) is 16.6 Å². The molecule has 1 heterocycles. The van der Waals surface area contributed by atoms with Crippen LogP contribution in [0.1, 0.15) is 12.5 Å². The number of nitrogens with two attached hydrogens (primary N) is 1. The summed E-state index contributed by atoms with van der Waals surface area (Å²) in [5, 5.41) is 16.4. The maximum atomic E-state index is 10.9. The number of nitrogens with one attached hydrogen (secondary N) is 2. The molecule has 1 aromatic carbocycles. The molecule has 1 amide bonds. The fraction of sp³-hybridized carbons (Fsp3) is 0.333. The maximum absolute atomic E-state index is 10.9. The molecule has 0 aliphatic heterocycles. The number of anilines is 1. The molecule has 0 aliphatic rings. The molecule has 9 nitrogen and oxygen atoms in total. The first-order chi connectivity index (χ1) is 10.6. The third-order valence-corrected chi connectivity index (χ3v) is 3.11. The predicted molar refractivity (Wildman–Crippen MR) is 81.5 cm³/mol. The quantitative estimate of drug-likeness (QED) is 0.627. The first-order valence-corrected chi connectivity index (χ1v) is 7.23. The molecule has 0 fully saturated rings. The first-order valence-electron chi connectivity index (χ1n) is 6.43. The van der Waals surface area contributed by atoms with Gasteiger partial charge in [0.1, 0.15) is 0 Å². The summed E-state index contributed by atoms with van der Waals surface area (Å²) in [6.45, 7) is 2.56. The second kappa shape index (κ2) is 7.59. The van der Waals surface area contributed by atoms with Gasteiger partial charge in [0, 0.05) is 6.54 Å². The summed E-state index contributed by atoms with van der Waals surface area (Å²) in [7, 11) is 0. The Bertz CT molecular complexity index is 634. The van der Waals surface area contributed by atoms with E-state index in [1.54, 1.807) is 6.07 Å². The zero-order valence-electron chi connectivity index (χ0n) is 11.8. The van der Waals surface area contributed by atoms with Crippen molar-refractivity contribution in [2.24, 2.45) is 5.73 Å². The van der Waals surface area contributed by atoms with E-state index >= 15 is 0 Å². The number of primary amides is 1. The Balaban J connectivity index is 2.16. The average Bonchev–Trinajstić information content (AvgIpc) is 2.97. The summed E-state index contributed by atoms with van der Waals surface area (Å²) in [5.74, 6) is 0.785. The van der Waals surface area contributed by atoms with Crippen LogP contribution in [-0.4, -0.2) is 39.7 Å². The molecule has 0 atom stereocenters. The number of carbonyl (C=O) groups is 1. The number of carbonyl (C=O) groups excluding carboxylic acids is 1. The standard InChI is InChI=1S/C12H15BrN6O3/c1-2-21-9-4-7(5-15-12-16-18-19-17-12)3-8(13)11(9)22-6-10(14)20/h3-4H,2,5-6H2,1H3,(H2,14,20)(H2,15,16,17,18,19). The summed E-state index contributed by atoms with van der Waals surface area (Å²) in [4.78, 5) is 10.9. The lowest BCUT2D eigenvalue weighted by molar-refractivity contribution is -0.119. The van der Waals surface area contributed by atoms with Gasteiger partial charge in [-0.2, -0.15) is 5.21 Å². The molecule has 0 radical (unpaired) electrons. The van der Waals surface area contributed by atoms with Crippen molar-refractivity contribution in [1.29, 1.82) is 0 Å². The van der Waals surface area contributed by atoms with Crippen molar-refractivity contribution in [1.82, 2.24) is 20.6 Å². The summed E-state index contributed by atoms with van der Waals surface area (Å²) >= 11 is 3.40. The van der Waals surface area contributed by atoms with Crippen LogP contribution in [0.3, 0.4) is 0 Å². The topological polar surface area (TPSA) is 128 Å². The maximum Gasteiger partial charge on any atom is 0.263 e. The number of nitrogens with zero attached hydrogens (tertiary/aromatic N) is 3. The minimum absolute atomic E-state index is 0.223. The van der Waals surface area contributed by atoms with E-state index in [1.807, 2.05) is 13.0 Å². The molecule has 1 aromatic heterocycles. The Morgan fingerprint density at radius 1 is 1.45 bits per heavy atom. The highest BCUT2D eigenvalue weighted by molar-refractivity contribution is 9.10. The van der Waals surface area contributed by atoms with E-state index in [-0.39, 0.29) is 6.61 Å². The van der Waals surface area contributed by atoms with Crippen molar-refractivity contribution in [2.45, 2.75) is 13.5 Å². The molecule has 118 valence electrons. The largest absolute Gasteiger partial charge is 0.490 e. The fourth-order valence-corrected chi connectivity index (χ4v) is 2.29. The van der Waals surface area contributed by atoms with E-state index in [4.69, 9.17) is 15.2 Å². The molecule has 2 aromatic rings. The molecular weight excluding hydrogens is 356 g/mol. The van der Waals surface area contributed by atoms with Crippen molar-refractivity contribution in [3.8, 4) is 11.5 Å². The zero-order chi connectivity index (χ0) is 15.9. The van der Waals surface area contributed by atoms with Crippen LogP contribution in [0.25, 0.3) is 0 Å². The average molecular weight is 371 g/mol. The van der Waals surface area contributed by atoms with Crippen molar-refractivity contribution in [3.05, 3.63) is 22.2 Å². The van der Waals surface area contributed by atoms with Crippen LogP contribution in [0.5, 0.6) is 11.5 Å². The summed E-state index contributed by atoms with van der Waals surface area (Å²) in [6.07, 6.45) is 0. The third-order valence-electron chi connectivity index (χ3n) is 2.52. The van der Waals surface area contributed by atoms with Crippen LogP contribution in [0, 0.1) is 0 Å². The molecule has 10 heteroatoms. The van der Waals surface area contributed by atoms with E-state index in [0.717, 1.165) is 5.56 Å². The van der Waals surface area contributed by atoms with Crippen LogP contribution >= 0.6 is 15.9 Å². The van der Waals surface area contributed by atoms with E-state index in [2.05, 4.69) is 41.9 Å². The number of ether oxygens (including phenoxy) is 2. The molecule has 0 unspecified atom stereocenters. The van der Waals surface area contributed by atoms with Gasteiger partial charge in [-0.15, -0.1) is 5.10 Å². The SMILES string of the molecule is CCOc1cc(CNc2nn[nH]n2)cc(Br)c1OCC(N)=O. The lowest BCUT2D eigenvalue weighted by Gasteiger charge is -2.14. The van der Waals surface area contributed by atoms with Gasteiger partial charge < -0.3 is 20.5 Å². The van der Waals surface area contributed by atoms with Crippen molar-refractivity contribution in [2.75, 3.05) is 18.5 Å². The predicted octanol–water partition coefficient (Wildman–Crippen LogP) is 0.837. The van der Waals surface area contributed by atoms with Gasteiger partial charge in [-0.3, -0.25) is 4.79 Å². The van der Waals surface area contributed by atoms with Crippen LogP contribution in [-0.2, 0) is 11.3 Å². The second-order valence-corrected chi connectivity index (χ2v) is 5.04. The van der Waals surface area contributed by atoms with E-state index in [9.17, 15) is 4.79 Å². The Morgan fingerprint density at radius 2 is 2.27 bits per heavy atom. The number of hydrogen-bond donors (Lipinski definition) is 3. The lowest BCUT2D eigenvalue weighted by atomic mass is 10.2. The number of benzene rings is 1. The van der Waals surface area contributed by atoms with Gasteiger partial charge in [-0.25, -0.2) is 0 Å². The van der Waals surface area contributed by atoms with Gasteiger partial charge in [-0.05, 0) is 45.8 Å². The zero-order valence-corrected chi connectivity index (χ0v) is 13.4. The minimum atomic E-state index is -0.558. The highest BCUT2D eigenvalue weighted by Crippen LogP contribution is 2.37. The van der Waals surface area contributed by atoms with Gasteiger partial charge in [0.05, 0.1) is 11.1 Å².